The second-order valence-corrected chi connectivity index (χ2v) is 3.93. The monoisotopic (exact) mass is 192 g/mol. The topological polar surface area (TPSA) is 15.3 Å². The van der Waals surface area contributed by atoms with Gasteiger partial charge in [-0.2, -0.15) is 0 Å². The number of halogens is 2. The molecule has 0 radical (unpaired) electrons. The van der Waals surface area contributed by atoms with Gasteiger partial charge in [-0.15, -0.1) is 0 Å². The molecule has 1 rings (SSSR count). The van der Waals surface area contributed by atoms with Crippen molar-refractivity contribution in [3.05, 3.63) is 0 Å². The summed E-state index contributed by atoms with van der Waals surface area (Å²) in [5.74, 6) is 0.470. The molecule has 2 nitrogen and oxygen atoms in total. The first-order valence-electron chi connectivity index (χ1n) is 4.79. The van der Waals surface area contributed by atoms with Gasteiger partial charge in [0.2, 0.25) is 0 Å². The van der Waals surface area contributed by atoms with Crippen LogP contribution in [0.15, 0.2) is 0 Å². The predicted molar refractivity (Wildman–Crippen MR) is 49.1 cm³/mol. The van der Waals surface area contributed by atoms with E-state index in [-0.39, 0.29) is 12.6 Å². The molecule has 1 heterocycles. The minimum atomic E-state index is -2.23. The smallest absolute Gasteiger partial charge is 0.250 e. The second kappa shape index (κ2) is 4.86. The standard InChI is InChI=1S/C9H18F2N2/c1-7-6-13(2)4-3-8(7)12-5-9(10)11/h7-9,12H,3-6H2,1-2H3. The molecule has 0 bridgehead atoms. The normalized spacial score (nSPS) is 31.2. The van der Waals surface area contributed by atoms with E-state index in [1.807, 2.05) is 0 Å². The molecule has 0 aromatic rings. The van der Waals surface area contributed by atoms with Gasteiger partial charge in [0, 0.05) is 12.6 Å². The Kier molecular flexibility index (Phi) is 4.06. The van der Waals surface area contributed by atoms with Crippen LogP contribution in [-0.4, -0.2) is 44.0 Å². The van der Waals surface area contributed by atoms with Crippen molar-refractivity contribution in [1.82, 2.24) is 10.2 Å². The third-order valence-corrected chi connectivity index (χ3v) is 2.64. The van der Waals surface area contributed by atoms with Crippen LogP contribution in [0.5, 0.6) is 0 Å². The molecule has 1 aliphatic heterocycles. The summed E-state index contributed by atoms with van der Waals surface area (Å²) in [6.07, 6.45) is -1.25. The molecule has 4 heteroatoms. The summed E-state index contributed by atoms with van der Waals surface area (Å²) in [5, 5.41) is 2.91. The van der Waals surface area contributed by atoms with Gasteiger partial charge in [0.1, 0.15) is 0 Å². The fraction of sp³-hybridized carbons (Fsp3) is 1.00. The third-order valence-electron chi connectivity index (χ3n) is 2.64. The Labute approximate surface area is 78.3 Å². The van der Waals surface area contributed by atoms with Crippen molar-refractivity contribution in [3.8, 4) is 0 Å². The quantitative estimate of drug-likeness (QED) is 0.722. The molecule has 1 fully saturated rings. The molecular formula is C9H18F2N2. The van der Waals surface area contributed by atoms with Gasteiger partial charge < -0.3 is 10.2 Å². The number of nitrogens with one attached hydrogen (secondary N) is 1. The number of rotatable bonds is 3. The molecule has 0 spiro atoms. The van der Waals surface area contributed by atoms with Crippen LogP contribution in [0.2, 0.25) is 0 Å². The van der Waals surface area contributed by atoms with Crippen LogP contribution >= 0.6 is 0 Å². The molecule has 0 aliphatic carbocycles. The number of piperidine rings is 1. The molecule has 1 saturated heterocycles. The van der Waals surface area contributed by atoms with E-state index < -0.39 is 6.43 Å². The first kappa shape index (κ1) is 10.9. The Hall–Kier alpha value is -0.220. The molecule has 2 atom stereocenters. The zero-order chi connectivity index (χ0) is 9.84. The van der Waals surface area contributed by atoms with Gasteiger partial charge in [0.05, 0.1) is 6.54 Å². The van der Waals surface area contributed by atoms with Crippen LogP contribution in [0.3, 0.4) is 0 Å². The summed E-state index contributed by atoms with van der Waals surface area (Å²) in [7, 11) is 2.07. The average Bonchev–Trinajstić information content (AvgIpc) is 2.02. The highest BCUT2D eigenvalue weighted by Gasteiger charge is 2.24. The van der Waals surface area contributed by atoms with E-state index in [9.17, 15) is 8.78 Å². The van der Waals surface area contributed by atoms with Gasteiger partial charge in [0.25, 0.3) is 6.43 Å². The zero-order valence-corrected chi connectivity index (χ0v) is 8.26. The highest BCUT2D eigenvalue weighted by Crippen LogP contribution is 2.15. The van der Waals surface area contributed by atoms with Crippen molar-refractivity contribution in [2.24, 2.45) is 5.92 Å². The lowest BCUT2D eigenvalue weighted by Gasteiger charge is -2.35. The van der Waals surface area contributed by atoms with Gasteiger partial charge in [-0.25, -0.2) is 8.78 Å². The maximum absolute atomic E-state index is 11.9. The van der Waals surface area contributed by atoms with Crippen LogP contribution in [0, 0.1) is 5.92 Å². The van der Waals surface area contributed by atoms with Crippen molar-refractivity contribution >= 4 is 0 Å². The fourth-order valence-corrected chi connectivity index (χ4v) is 1.90. The van der Waals surface area contributed by atoms with Crippen molar-refractivity contribution in [3.63, 3.8) is 0 Å². The highest BCUT2D eigenvalue weighted by atomic mass is 19.3. The Balaban J connectivity index is 2.25. The van der Waals surface area contributed by atoms with Gasteiger partial charge in [-0.1, -0.05) is 6.92 Å². The third kappa shape index (κ3) is 3.56. The van der Waals surface area contributed by atoms with Crippen molar-refractivity contribution < 1.29 is 8.78 Å². The van der Waals surface area contributed by atoms with E-state index in [0.717, 1.165) is 19.5 Å². The van der Waals surface area contributed by atoms with Crippen LogP contribution < -0.4 is 5.32 Å². The first-order valence-corrected chi connectivity index (χ1v) is 4.79. The average molecular weight is 192 g/mol. The van der Waals surface area contributed by atoms with Crippen LogP contribution in [0.1, 0.15) is 13.3 Å². The number of hydrogen-bond donors (Lipinski definition) is 1. The summed E-state index contributed by atoms with van der Waals surface area (Å²) >= 11 is 0. The van der Waals surface area contributed by atoms with Crippen molar-refractivity contribution in [1.29, 1.82) is 0 Å². The lowest BCUT2D eigenvalue weighted by Crippen LogP contribution is -2.48. The maximum atomic E-state index is 11.9. The van der Waals surface area contributed by atoms with Gasteiger partial charge in [0.15, 0.2) is 0 Å². The first-order chi connectivity index (χ1) is 6.09. The molecule has 13 heavy (non-hydrogen) atoms. The number of alkyl halides is 2. The minimum absolute atomic E-state index is 0.168. The van der Waals surface area contributed by atoms with Gasteiger partial charge >= 0.3 is 0 Å². The molecule has 0 aromatic heterocycles. The highest BCUT2D eigenvalue weighted by molar-refractivity contribution is 4.81. The fourth-order valence-electron chi connectivity index (χ4n) is 1.90. The van der Waals surface area contributed by atoms with E-state index in [0.29, 0.717) is 5.92 Å². The summed E-state index contributed by atoms with van der Waals surface area (Å²) in [6, 6.07) is 0.269. The van der Waals surface area contributed by atoms with E-state index in [2.05, 4.69) is 24.2 Å². The molecule has 1 aliphatic rings. The van der Waals surface area contributed by atoms with Crippen molar-refractivity contribution in [2.45, 2.75) is 25.8 Å². The van der Waals surface area contributed by atoms with E-state index in [4.69, 9.17) is 0 Å². The Morgan fingerprint density at radius 2 is 2.23 bits per heavy atom. The summed E-state index contributed by atoms with van der Waals surface area (Å²) in [6.45, 7) is 3.95. The van der Waals surface area contributed by atoms with Gasteiger partial charge in [-0.05, 0) is 25.9 Å². The van der Waals surface area contributed by atoms with Gasteiger partial charge in [-0.3, -0.25) is 0 Å². The largest absolute Gasteiger partial charge is 0.308 e. The minimum Gasteiger partial charge on any atom is -0.308 e. The SMILES string of the molecule is CC1CN(C)CCC1NCC(F)F. The number of nitrogens with zero attached hydrogens (tertiary/aromatic N) is 1. The molecule has 2 unspecified atom stereocenters. The Morgan fingerprint density at radius 3 is 2.77 bits per heavy atom. The van der Waals surface area contributed by atoms with Crippen LogP contribution in [-0.2, 0) is 0 Å². The van der Waals surface area contributed by atoms with Crippen molar-refractivity contribution in [2.75, 3.05) is 26.7 Å². The molecule has 0 amide bonds. The van der Waals surface area contributed by atoms with E-state index in [1.165, 1.54) is 0 Å². The molecule has 78 valence electrons. The zero-order valence-electron chi connectivity index (χ0n) is 8.26. The summed E-state index contributed by atoms with van der Waals surface area (Å²) in [4.78, 5) is 2.24. The molecule has 0 saturated carbocycles. The van der Waals surface area contributed by atoms with E-state index in [1.54, 1.807) is 0 Å². The summed E-state index contributed by atoms with van der Waals surface area (Å²) in [5.41, 5.74) is 0. The molecule has 1 N–H and O–H groups in total. The number of likely N-dealkylation sites (tertiary alicyclic amines) is 1. The lowest BCUT2D eigenvalue weighted by atomic mass is 9.94. The lowest BCUT2D eigenvalue weighted by molar-refractivity contribution is 0.119. The predicted octanol–water partition coefficient (Wildman–Crippen LogP) is 1.18. The Morgan fingerprint density at radius 1 is 1.54 bits per heavy atom. The molecular weight excluding hydrogens is 174 g/mol. The van der Waals surface area contributed by atoms with E-state index >= 15 is 0 Å². The summed E-state index contributed by atoms with van der Waals surface area (Å²) < 4.78 is 23.8. The number of hydrogen-bond acceptors (Lipinski definition) is 2. The van der Waals surface area contributed by atoms with Crippen LogP contribution in [0.4, 0.5) is 8.78 Å². The second-order valence-electron chi connectivity index (χ2n) is 3.93. The maximum Gasteiger partial charge on any atom is 0.250 e. The Bertz CT molecular complexity index is 153. The van der Waals surface area contributed by atoms with Crippen LogP contribution in [0.25, 0.3) is 0 Å². The molecule has 0 aromatic carbocycles.